The van der Waals surface area contributed by atoms with E-state index in [0.29, 0.717) is 12.3 Å². The molecule has 0 aliphatic heterocycles. The topological polar surface area (TPSA) is 49.3 Å². The molecule has 1 saturated carbocycles. The minimum absolute atomic E-state index is 0.119. The highest BCUT2D eigenvalue weighted by Gasteiger charge is 2.40. The van der Waals surface area contributed by atoms with Gasteiger partial charge in [0.25, 0.3) is 0 Å². The van der Waals surface area contributed by atoms with Crippen molar-refractivity contribution in [2.75, 3.05) is 6.61 Å². The van der Waals surface area contributed by atoms with E-state index in [2.05, 4.69) is 12.2 Å². The van der Waals surface area contributed by atoms with Gasteiger partial charge in [0, 0.05) is 18.1 Å². The van der Waals surface area contributed by atoms with Crippen LogP contribution in [0.2, 0.25) is 0 Å². The number of carbonyl (C=O) groups is 1. The van der Waals surface area contributed by atoms with Crippen LogP contribution in [0.3, 0.4) is 0 Å². The van der Waals surface area contributed by atoms with E-state index in [0.717, 1.165) is 6.42 Å². The van der Waals surface area contributed by atoms with Gasteiger partial charge in [0.2, 0.25) is 5.91 Å². The van der Waals surface area contributed by atoms with Gasteiger partial charge in [0.15, 0.2) is 0 Å². The van der Waals surface area contributed by atoms with E-state index in [-0.39, 0.29) is 24.0 Å². The highest BCUT2D eigenvalue weighted by atomic mass is 16.3. The van der Waals surface area contributed by atoms with E-state index in [9.17, 15) is 4.79 Å². The number of carbonyl (C=O) groups excluding carboxylic acids is 1. The first-order valence-corrected chi connectivity index (χ1v) is 4.89. The zero-order valence-electron chi connectivity index (χ0n) is 8.63. The van der Waals surface area contributed by atoms with Gasteiger partial charge in [-0.05, 0) is 32.6 Å². The summed E-state index contributed by atoms with van der Waals surface area (Å²) >= 11 is 0. The number of aliphatic hydroxyl groups is 1. The van der Waals surface area contributed by atoms with Gasteiger partial charge in [0.05, 0.1) is 0 Å². The van der Waals surface area contributed by atoms with Crippen LogP contribution in [0.25, 0.3) is 0 Å². The van der Waals surface area contributed by atoms with Crippen LogP contribution in [0.15, 0.2) is 0 Å². The summed E-state index contributed by atoms with van der Waals surface area (Å²) in [5, 5.41) is 11.7. The number of hydrogen-bond donors (Lipinski definition) is 2. The first kappa shape index (κ1) is 10.5. The standard InChI is InChI=1S/C10H19NO2/c1-7-6-8(7)9(13)11-10(2,3)4-5-12/h7-8,12H,4-6H2,1-3H3,(H,11,13). The smallest absolute Gasteiger partial charge is 0.223 e. The summed E-state index contributed by atoms with van der Waals surface area (Å²) < 4.78 is 0. The molecule has 13 heavy (non-hydrogen) atoms. The highest BCUT2D eigenvalue weighted by Crippen LogP contribution is 2.38. The molecule has 1 amide bonds. The highest BCUT2D eigenvalue weighted by molar-refractivity contribution is 5.82. The monoisotopic (exact) mass is 185 g/mol. The van der Waals surface area contributed by atoms with Gasteiger partial charge in [0.1, 0.15) is 0 Å². The Hall–Kier alpha value is -0.570. The number of rotatable bonds is 4. The van der Waals surface area contributed by atoms with Gasteiger partial charge in [-0.15, -0.1) is 0 Å². The average Bonchev–Trinajstić information content (AvgIpc) is 2.65. The molecule has 2 N–H and O–H groups in total. The summed E-state index contributed by atoms with van der Waals surface area (Å²) in [6.07, 6.45) is 1.63. The molecule has 0 heterocycles. The first-order valence-electron chi connectivity index (χ1n) is 4.89. The Morgan fingerprint density at radius 2 is 2.15 bits per heavy atom. The van der Waals surface area contributed by atoms with Crippen molar-refractivity contribution in [1.82, 2.24) is 5.32 Å². The quantitative estimate of drug-likeness (QED) is 0.684. The third-order valence-electron chi connectivity index (χ3n) is 2.64. The predicted octanol–water partition coefficient (Wildman–Crippen LogP) is 0.920. The van der Waals surface area contributed by atoms with Crippen molar-refractivity contribution in [3.63, 3.8) is 0 Å². The van der Waals surface area contributed by atoms with Gasteiger partial charge in [-0.2, -0.15) is 0 Å². The van der Waals surface area contributed by atoms with Crippen molar-refractivity contribution < 1.29 is 9.90 Å². The van der Waals surface area contributed by atoms with Gasteiger partial charge in [-0.25, -0.2) is 0 Å². The second kappa shape index (κ2) is 3.66. The van der Waals surface area contributed by atoms with Crippen LogP contribution < -0.4 is 5.32 Å². The zero-order valence-corrected chi connectivity index (χ0v) is 8.63. The summed E-state index contributed by atoms with van der Waals surface area (Å²) in [6.45, 7) is 6.08. The molecule has 3 nitrogen and oxygen atoms in total. The fourth-order valence-corrected chi connectivity index (χ4v) is 1.46. The Balaban J connectivity index is 2.34. The molecule has 1 rings (SSSR count). The Bertz CT molecular complexity index is 201. The fourth-order valence-electron chi connectivity index (χ4n) is 1.46. The van der Waals surface area contributed by atoms with Crippen molar-refractivity contribution in [3.8, 4) is 0 Å². The van der Waals surface area contributed by atoms with Crippen LogP contribution in [-0.4, -0.2) is 23.2 Å². The molecule has 1 aliphatic rings. The van der Waals surface area contributed by atoms with E-state index < -0.39 is 0 Å². The predicted molar refractivity (Wildman–Crippen MR) is 51.2 cm³/mol. The van der Waals surface area contributed by atoms with Crippen LogP contribution in [0, 0.1) is 11.8 Å². The van der Waals surface area contributed by atoms with E-state index in [1.807, 2.05) is 13.8 Å². The van der Waals surface area contributed by atoms with Crippen molar-refractivity contribution in [2.24, 2.45) is 11.8 Å². The Morgan fingerprint density at radius 1 is 1.62 bits per heavy atom. The molecule has 76 valence electrons. The normalized spacial score (nSPS) is 27.1. The maximum Gasteiger partial charge on any atom is 0.223 e. The molecular formula is C10H19NO2. The summed E-state index contributed by atoms with van der Waals surface area (Å²) in [5.74, 6) is 0.911. The molecule has 0 aromatic rings. The lowest BCUT2D eigenvalue weighted by Gasteiger charge is -2.25. The molecule has 0 aromatic heterocycles. The first-order chi connectivity index (χ1) is 5.96. The van der Waals surface area contributed by atoms with Crippen molar-refractivity contribution in [1.29, 1.82) is 0 Å². The summed E-state index contributed by atoms with van der Waals surface area (Å²) in [5.41, 5.74) is -0.270. The minimum atomic E-state index is -0.270. The fraction of sp³-hybridized carbons (Fsp3) is 0.900. The number of aliphatic hydroxyl groups excluding tert-OH is 1. The van der Waals surface area contributed by atoms with Crippen LogP contribution in [-0.2, 0) is 4.79 Å². The molecular weight excluding hydrogens is 166 g/mol. The summed E-state index contributed by atoms with van der Waals surface area (Å²) in [6, 6.07) is 0. The largest absolute Gasteiger partial charge is 0.396 e. The molecule has 0 bridgehead atoms. The lowest BCUT2D eigenvalue weighted by atomic mass is 10.0. The SMILES string of the molecule is CC1CC1C(=O)NC(C)(C)CCO. The molecule has 0 spiro atoms. The summed E-state index contributed by atoms with van der Waals surface area (Å²) in [4.78, 5) is 11.5. The van der Waals surface area contributed by atoms with Crippen molar-refractivity contribution in [2.45, 2.75) is 39.2 Å². The third kappa shape index (κ3) is 2.99. The van der Waals surface area contributed by atoms with E-state index >= 15 is 0 Å². The molecule has 2 atom stereocenters. The second-order valence-electron chi connectivity index (χ2n) is 4.67. The van der Waals surface area contributed by atoms with E-state index in [1.54, 1.807) is 0 Å². The number of nitrogens with one attached hydrogen (secondary N) is 1. The average molecular weight is 185 g/mol. The minimum Gasteiger partial charge on any atom is -0.396 e. The van der Waals surface area contributed by atoms with Crippen LogP contribution in [0.1, 0.15) is 33.6 Å². The Labute approximate surface area is 79.5 Å². The van der Waals surface area contributed by atoms with Crippen LogP contribution >= 0.6 is 0 Å². The van der Waals surface area contributed by atoms with Gasteiger partial charge in [-0.3, -0.25) is 4.79 Å². The maximum atomic E-state index is 11.5. The molecule has 0 saturated heterocycles. The number of hydrogen-bond acceptors (Lipinski definition) is 2. The lowest BCUT2D eigenvalue weighted by molar-refractivity contribution is -0.124. The molecule has 3 heteroatoms. The Morgan fingerprint density at radius 3 is 2.54 bits per heavy atom. The van der Waals surface area contributed by atoms with Gasteiger partial charge < -0.3 is 10.4 Å². The maximum absolute atomic E-state index is 11.5. The van der Waals surface area contributed by atoms with Crippen molar-refractivity contribution >= 4 is 5.91 Å². The molecule has 0 radical (unpaired) electrons. The molecule has 0 aromatic carbocycles. The molecule has 1 fully saturated rings. The molecule has 1 aliphatic carbocycles. The summed E-state index contributed by atoms with van der Waals surface area (Å²) in [7, 11) is 0. The van der Waals surface area contributed by atoms with Crippen LogP contribution in [0.5, 0.6) is 0 Å². The van der Waals surface area contributed by atoms with E-state index in [1.165, 1.54) is 0 Å². The molecule has 2 unspecified atom stereocenters. The zero-order chi connectivity index (χ0) is 10.1. The number of amides is 1. The second-order valence-corrected chi connectivity index (χ2v) is 4.67. The van der Waals surface area contributed by atoms with Gasteiger partial charge in [-0.1, -0.05) is 6.92 Å². The third-order valence-corrected chi connectivity index (χ3v) is 2.64. The lowest BCUT2D eigenvalue weighted by Crippen LogP contribution is -2.44. The Kier molecular flexibility index (Phi) is 2.96. The van der Waals surface area contributed by atoms with Crippen LogP contribution in [0.4, 0.5) is 0 Å². The van der Waals surface area contributed by atoms with E-state index in [4.69, 9.17) is 5.11 Å². The van der Waals surface area contributed by atoms with Crippen molar-refractivity contribution in [3.05, 3.63) is 0 Å². The van der Waals surface area contributed by atoms with Gasteiger partial charge >= 0.3 is 0 Å².